The van der Waals surface area contributed by atoms with Crippen LogP contribution in [0.5, 0.6) is 0 Å². The van der Waals surface area contributed by atoms with Crippen molar-refractivity contribution in [1.82, 2.24) is 4.90 Å². The highest BCUT2D eigenvalue weighted by Gasteiger charge is 2.37. The maximum absolute atomic E-state index is 12.5. The summed E-state index contributed by atoms with van der Waals surface area (Å²) in [6.07, 6.45) is 3.23. The zero-order chi connectivity index (χ0) is 15.2. The Balaban J connectivity index is 2.21. The Bertz CT molecular complexity index is 723. The lowest BCUT2D eigenvalue weighted by Gasteiger charge is -2.32. The molecule has 0 N–H and O–H groups in total. The van der Waals surface area contributed by atoms with Crippen LogP contribution in [0.4, 0.5) is 0 Å². The molecule has 1 aromatic rings. The smallest absolute Gasteiger partial charge is 0.227 e. The van der Waals surface area contributed by atoms with Gasteiger partial charge in [0, 0.05) is 35.2 Å². The summed E-state index contributed by atoms with van der Waals surface area (Å²) in [5, 5.41) is 9.08. The first-order valence-corrected chi connectivity index (χ1v) is 7.06. The van der Waals surface area contributed by atoms with Crippen LogP contribution in [0.1, 0.15) is 48.2 Å². The van der Waals surface area contributed by atoms with Crippen LogP contribution >= 0.6 is 0 Å². The minimum atomic E-state index is -0.640. The Hall–Kier alpha value is -2.41. The first kappa shape index (κ1) is 13.6. The number of Topliss-reactive ketones (excluding diaryl/α,β-unsaturated/α-hetero) is 1. The highest BCUT2D eigenvalue weighted by molar-refractivity contribution is 6.09. The van der Waals surface area contributed by atoms with Crippen molar-refractivity contribution in [3.05, 3.63) is 41.0 Å². The zero-order valence-corrected chi connectivity index (χ0v) is 12.1. The monoisotopic (exact) mass is 280 g/mol. The second-order valence-corrected chi connectivity index (χ2v) is 6.10. The zero-order valence-electron chi connectivity index (χ0n) is 12.1. The van der Waals surface area contributed by atoms with Crippen LogP contribution in [0.15, 0.2) is 24.3 Å². The molecule has 1 aliphatic heterocycles. The second-order valence-electron chi connectivity index (χ2n) is 6.10. The highest BCUT2D eigenvalue weighted by atomic mass is 16.2. The Morgan fingerprint density at radius 1 is 1.24 bits per heavy atom. The molecular formula is C17H16N2O2. The SMILES string of the molecule is CC1(C)C=C(N2CCCC2=O)c2cc(C#N)ccc2C1=O. The van der Waals surface area contributed by atoms with Crippen LogP contribution in [0.3, 0.4) is 0 Å². The molecule has 106 valence electrons. The topological polar surface area (TPSA) is 61.2 Å². The molecule has 0 radical (unpaired) electrons. The maximum Gasteiger partial charge on any atom is 0.227 e. The molecule has 3 rings (SSSR count). The van der Waals surface area contributed by atoms with Crippen molar-refractivity contribution >= 4 is 17.4 Å². The third-order valence-corrected chi connectivity index (χ3v) is 4.12. The normalized spacial score (nSPS) is 20.0. The van der Waals surface area contributed by atoms with E-state index in [1.807, 2.05) is 19.9 Å². The number of nitrogens with zero attached hydrogens (tertiary/aromatic N) is 2. The van der Waals surface area contributed by atoms with Crippen molar-refractivity contribution in [3.8, 4) is 6.07 Å². The number of hydrogen-bond acceptors (Lipinski definition) is 3. The molecule has 21 heavy (non-hydrogen) atoms. The molecule has 1 amide bonds. The fourth-order valence-corrected chi connectivity index (χ4v) is 2.98. The quantitative estimate of drug-likeness (QED) is 0.794. The van der Waals surface area contributed by atoms with Crippen LogP contribution in [0.2, 0.25) is 0 Å². The molecule has 1 aromatic carbocycles. The van der Waals surface area contributed by atoms with Gasteiger partial charge in [-0.1, -0.05) is 0 Å². The van der Waals surface area contributed by atoms with Gasteiger partial charge in [0.25, 0.3) is 0 Å². The predicted molar refractivity (Wildman–Crippen MR) is 78.2 cm³/mol. The summed E-state index contributed by atoms with van der Waals surface area (Å²) in [7, 11) is 0. The number of amides is 1. The minimum absolute atomic E-state index is 0.0254. The summed E-state index contributed by atoms with van der Waals surface area (Å²) in [5.74, 6) is 0.108. The van der Waals surface area contributed by atoms with E-state index < -0.39 is 5.41 Å². The van der Waals surface area contributed by atoms with Crippen LogP contribution in [-0.4, -0.2) is 23.1 Å². The van der Waals surface area contributed by atoms with Crippen molar-refractivity contribution in [2.75, 3.05) is 6.54 Å². The average Bonchev–Trinajstić information content (AvgIpc) is 2.88. The molecule has 0 atom stereocenters. The van der Waals surface area contributed by atoms with E-state index in [1.54, 1.807) is 23.1 Å². The van der Waals surface area contributed by atoms with Crippen LogP contribution in [-0.2, 0) is 4.79 Å². The lowest BCUT2D eigenvalue weighted by Crippen LogP contribution is -2.33. The second kappa shape index (κ2) is 4.56. The molecule has 2 aliphatic rings. The van der Waals surface area contributed by atoms with Gasteiger partial charge in [0.2, 0.25) is 5.91 Å². The molecule has 1 heterocycles. The fourth-order valence-electron chi connectivity index (χ4n) is 2.98. The molecule has 0 bridgehead atoms. The number of ketones is 1. The molecule has 0 saturated carbocycles. The number of allylic oxidation sites excluding steroid dienone is 1. The van der Waals surface area contributed by atoms with E-state index in [0.717, 1.165) is 12.1 Å². The van der Waals surface area contributed by atoms with Gasteiger partial charge < -0.3 is 4.90 Å². The summed E-state index contributed by atoms with van der Waals surface area (Å²) in [5.41, 5.74) is 1.93. The van der Waals surface area contributed by atoms with E-state index in [2.05, 4.69) is 6.07 Å². The summed E-state index contributed by atoms with van der Waals surface area (Å²) in [6.45, 7) is 4.39. The number of rotatable bonds is 1. The largest absolute Gasteiger partial charge is 0.312 e. The van der Waals surface area contributed by atoms with E-state index in [4.69, 9.17) is 5.26 Å². The predicted octanol–water partition coefficient (Wildman–Crippen LogP) is 2.74. The summed E-state index contributed by atoms with van der Waals surface area (Å²) in [6, 6.07) is 7.16. The maximum atomic E-state index is 12.5. The van der Waals surface area contributed by atoms with Crippen molar-refractivity contribution in [2.45, 2.75) is 26.7 Å². The van der Waals surface area contributed by atoms with E-state index in [1.165, 1.54) is 0 Å². The Morgan fingerprint density at radius 3 is 2.62 bits per heavy atom. The molecule has 0 aromatic heterocycles. The van der Waals surface area contributed by atoms with Gasteiger partial charge in [-0.15, -0.1) is 0 Å². The number of carbonyl (C=O) groups is 2. The molecule has 0 unspecified atom stereocenters. The summed E-state index contributed by atoms with van der Waals surface area (Å²) >= 11 is 0. The van der Waals surface area contributed by atoms with Crippen LogP contribution in [0.25, 0.3) is 5.70 Å². The Morgan fingerprint density at radius 2 is 2.00 bits per heavy atom. The van der Waals surface area contributed by atoms with Gasteiger partial charge in [-0.05, 0) is 44.5 Å². The van der Waals surface area contributed by atoms with Crippen LogP contribution < -0.4 is 0 Å². The molecular weight excluding hydrogens is 264 g/mol. The van der Waals surface area contributed by atoms with E-state index in [9.17, 15) is 9.59 Å². The lowest BCUT2D eigenvalue weighted by molar-refractivity contribution is -0.124. The molecule has 1 aliphatic carbocycles. The van der Waals surface area contributed by atoms with Gasteiger partial charge in [0.1, 0.15) is 0 Å². The lowest BCUT2D eigenvalue weighted by atomic mass is 9.76. The Labute approximate surface area is 123 Å². The van der Waals surface area contributed by atoms with E-state index >= 15 is 0 Å². The average molecular weight is 280 g/mol. The van der Waals surface area contributed by atoms with E-state index in [-0.39, 0.29) is 11.7 Å². The fraction of sp³-hybridized carbons (Fsp3) is 0.353. The number of hydrogen-bond donors (Lipinski definition) is 0. The number of carbonyl (C=O) groups excluding carboxylic acids is 2. The van der Waals surface area contributed by atoms with Crippen molar-refractivity contribution in [3.63, 3.8) is 0 Å². The third kappa shape index (κ3) is 2.06. The summed E-state index contributed by atoms with van der Waals surface area (Å²) in [4.78, 5) is 26.4. The first-order valence-electron chi connectivity index (χ1n) is 7.06. The van der Waals surface area contributed by atoms with Gasteiger partial charge in [-0.2, -0.15) is 5.26 Å². The van der Waals surface area contributed by atoms with E-state index in [0.29, 0.717) is 29.7 Å². The molecule has 1 fully saturated rings. The van der Waals surface area contributed by atoms with Gasteiger partial charge in [-0.25, -0.2) is 0 Å². The highest BCUT2D eigenvalue weighted by Crippen LogP contribution is 2.39. The first-order chi connectivity index (χ1) is 9.94. The number of fused-ring (bicyclic) bond motifs is 1. The van der Waals surface area contributed by atoms with Crippen LogP contribution in [0, 0.1) is 16.7 Å². The Kier molecular flexibility index (Phi) is 2.94. The third-order valence-electron chi connectivity index (χ3n) is 4.12. The standard InChI is InChI=1S/C17H16N2O2/c1-17(2)9-14(19-7-3-4-15(19)20)13-8-11(10-18)5-6-12(13)16(17)21/h5-6,8-9H,3-4,7H2,1-2H3. The number of likely N-dealkylation sites (tertiary alicyclic amines) is 1. The van der Waals surface area contributed by atoms with Crippen molar-refractivity contribution < 1.29 is 9.59 Å². The molecule has 4 heteroatoms. The van der Waals surface area contributed by atoms with Gasteiger partial charge >= 0.3 is 0 Å². The molecule has 0 spiro atoms. The van der Waals surface area contributed by atoms with Gasteiger partial charge in [0.15, 0.2) is 5.78 Å². The minimum Gasteiger partial charge on any atom is -0.312 e. The van der Waals surface area contributed by atoms with Gasteiger partial charge in [0.05, 0.1) is 11.6 Å². The molecule has 1 saturated heterocycles. The summed E-state index contributed by atoms with van der Waals surface area (Å²) < 4.78 is 0. The number of nitriles is 1. The van der Waals surface area contributed by atoms with Crippen molar-refractivity contribution in [2.24, 2.45) is 5.41 Å². The van der Waals surface area contributed by atoms with Gasteiger partial charge in [-0.3, -0.25) is 9.59 Å². The molecule has 4 nitrogen and oxygen atoms in total. The van der Waals surface area contributed by atoms with Crippen molar-refractivity contribution in [1.29, 1.82) is 5.26 Å². The number of benzene rings is 1.